The van der Waals surface area contributed by atoms with Crippen LogP contribution in [0.15, 0.2) is 64.6 Å². The molecule has 344 valence electrons. The lowest BCUT2D eigenvalue weighted by atomic mass is 9.78. The predicted octanol–water partition coefficient (Wildman–Crippen LogP) is 7.80. The Morgan fingerprint density at radius 2 is 1.60 bits per heavy atom. The summed E-state index contributed by atoms with van der Waals surface area (Å²) < 4.78 is 23.6. The number of carbonyl (C=O) groups is 3. The average molecular weight is 877 g/mol. The Bertz CT molecular complexity index is 2230. The van der Waals surface area contributed by atoms with Crippen LogP contribution >= 0.6 is 0 Å². The highest BCUT2D eigenvalue weighted by Gasteiger charge is 2.50. The van der Waals surface area contributed by atoms with E-state index in [1.54, 1.807) is 39.8 Å². The van der Waals surface area contributed by atoms with E-state index >= 15 is 0 Å². The van der Waals surface area contributed by atoms with Gasteiger partial charge < -0.3 is 54.6 Å². The average Bonchev–Trinajstić information content (AvgIpc) is 3.49. The number of allylic oxidation sites excluding steroid dienone is 5. The maximum atomic E-state index is 14.4. The minimum atomic E-state index is -2.07. The van der Waals surface area contributed by atoms with Gasteiger partial charge in [-0.15, -0.1) is 0 Å². The highest BCUT2D eigenvalue weighted by molar-refractivity contribution is 6.23. The van der Waals surface area contributed by atoms with Gasteiger partial charge in [0.15, 0.2) is 5.75 Å². The Morgan fingerprint density at radius 1 is 0.921 bits per heavy atom. The molecule has 5 bridgehead atoms. The molecule has 0 spiro atoms. The second kappa shape index (κ2) is 21.2. The lowest BCUT2D eigenvalue weighted by molar-refractivity contribution is -0.160. The number of ether oxygens (including phenoxy) is 4. The molecule has 3 aliphatic heterocycles. The van der Waals surface area contributed by atoms with Crippen LogP contribution < -0.4 is 10.1 Å². The summed E-state index contributed by atoms with van der Waals surface area (Å²) in [4.78, 5) is 46.0. The minimum absolute atomic E-state index is 0.0306. The molecule has 9 atom stereocenters. The van der Waals surface area contributed by atoms with Gasteiger partial charge >= 0.3 is 11.8 Å². The van der Waals surface area contributed by atoms with E-state index in [0.29, 0.717) is 0 Å². The van der Waals surface area contributed by atoms with Crippen LogP contribution in [0.3, 0.4) is 0 Å². The number of Topliss-reactive ketones (excluding diaryl/α,β-unsaturated/α-hetero) is 1. The second-order valence-corrected chi connectivity index (χ2v) is 17.0. The number of esters is 1. The third-order valence-corrected chi connectivity index (χ3v) is 11.9. The van der Waals surface area contributed by atoms with E-state index in [1.165, 1.54) is 58.8 Å². The fourth-order valence-electron chi connectivity index (χ4n) is 7.88. The number of hydrogen-bond donors (Lipinski definition) is 6. The maximum absolute atomic E-state index is 14.4. The first-order valence-corrected chi connectivity index (χ1v) is 21.1. The molecule has 0 saturated heterocycles. The van der Waals surface area contributed by atoms with E-state index in [1.807, 2.05) is 26.8 Å². The molecule has 3 heterocycles. The summed E-state index contributed by atoms with van der Waals surface area (Å²) in [5.41, 5.74) is 1.64. The Hall–Kier alpha value is -5.64. The molecule has 15 heteroatoms. The first-order chi connectivity index (χ1) is 29.6. The van der Waals surface area contributed by atoms with E-state index in [0.717, 1.165) is 24.6 Å². The van der Waals surface area contributed by atoms with Crippen LogP contribution in [0.25, 0.3) is 10.8 Å². The van der Waals surface area contributed by atoms with Crippen molar-refractivity contribution >= 4 is 40.3 Å². The highest BCUT2D eigenvalue weighted by Crippen LogP contribution is 2.55. The van der Waals surface area contributed by atoms with Gasteiger partial charge in [0.25, 0.3) is 11.7 Å². The standard InChI is InChI=1S/C48H64N2O13/c1-24(2)15-13-16-25(3)19-22-61-49-23-33-38-43(56)36-35(42(33)55)37-45(31(9)41(36)54)63-48(11,46(37)57)60-21-20-34(59-12)28(6)44(62-32(10)51)30(8)40(53)29(7)39(52)26(4)17-14-18-27(5)47(58)50-38/h14-15,17-21,23,26,28-30,34,39-40,44,52-56H,13,16,22H2,1-12H3,(H,50,58)/b17-14+,21-20+,25-19+,27-18+,49-23+. The maximum Gasteiger partial charge on any atom is 0.312 e. The van der Waals surface area contributed by atoms with Crippen LogP contribution in [-0.2, 0) is 28.6 Å². The number of phenolic OH excluding ortho intramolecular Hbond substituents is 3. The molecule has 6 N–H and O–H groups in total. The van der Waals surface area contributed by atoms with E-state index in [-0.39, 0.29) is 51.1 Å². The molecular weight excluding hydrogens is 813 g/mol. The lowest BCUT2D eigenvalue weighted by Crippen LogP contribution is -2.46. The molecule has 2 aromatic rings. The second-order valence-electron chi connectivity index (χ2n) is 17.0. The summed E-state index contributed by atoms with van der Waals surface area (Å²) in [5, 5.41) is 64.4. The molecule has 1 amide bonds. The van der Waals surface area contributed by atoms with Crippen molar-refractivity contribution in [1.82, 2.24) is 0 Å². The van der Waals surface area contributed by atoms with Crippen LogP contribution in [0.1, 0.15) is 104 Å². The number of ketones is 1. The number of phenols is 3. The number of aromatic hydroxyl groups is 3. The zero-order valence-electron chi connectivity index (χ0n) is 38.3. The number of nitrogens with zero attached hydrogens (tertiary/aromatic N) is 1. The van der Waals surface area contributed by atoms with Crippen LogP contribution in [0.5, 0.6) is 23.0 Å². The summed E-state index contributed by atoms with van der Waals surface area (Å²) in [7, 11) is 1.43. The SMILES string of the molecule is COC1/C=C/OC2(C)Oc3c(C)c(O)c4c(O)c(c(/C=N/OC/C=C(\C)CCC=C(C)C)c(O)c4c3C2=O)NC(=O)/C(C)=C/C=C/C(C)C(O)C(C)C(O)C(C)C(OC(C)=O)C1C. The van der Waals surface area contributed by atoms with Gasteiger partial charge in [-0.2, -0.15) is 0 Å². The Kier molecular flexibility index (Phi) is 16.8. The Balaban J connectivity index is 1.91. The molecule has 0 saturated carbocycles. The van der Waals surface area contributed by atoms with Gasteiger partial charge in [0.1, 0.15) is 30.0 Å². The number of fused-ring (bicyclic) bond motifs is 14. The third kappa shape index (κ3) is 11.1. The fourth-order valence-corrected chi connectivity index (χ4v) is 7.88. The number of hydrogen-bond acceptors (Lipinski definition) is 14. The van der Waals surface area contributed by atoms with Crippen LogP contribution in [-0.4, -0.2) is 93.3 Å². The van der Waals surface area contributed by atoms with Crippen LogP contribution in [0.2, 0.25) is 0 Å². The van der Waals surface area contributed by atoms with Crippen molar-refractivity contribution < 1.29 is 63.7 Å². The third-order valence-electron chi connectivity index (χ3n) is 11.9. The first-order valence-electron chi connectivity index (χ1n) is 21.1. The van der Waals surface area contributed by atoms with Crippen molar-refractivity contribution in [3.05, 3.63) is 76.1 Å². The molecule has 5 rings (SSSR count). The molecule has 63 heavy (non-hydrogen) atoms. The predicted molar refractivity (Wildman–Crippen MR) is 240 cm³/mol. The normalized spacial score (nSPS) is 29.1. The van der Waals surface area contributed by atoms with Crippen LogP contribution in [0, 0.1) is 30.6 Å². The highest BCUT2D eigenvalue weighted by atomic mass is 16.7. The Morgan fingerprint density at radius 3 is 2.24 bits per heavy atom. The number of rotatable bonds is 9. The molecule has 0 aromatic heterocycles. The number of amides is 1. The molecule has 3 aliphatic rings. The van der Waals surface area contributed by atoms with Gasteiger partial charge in [-0.25, -0.2) is 0 Å². The number of aliphatic hydroxyl groups excluding tert-OH is 2. The van der Waals surface area contributed by atoms with E-state index < -0.39 is 88.8 Å². The zero-order valence-corrected chi connectivity index (χ0v) is 38.3. The van der Waals surface area contributed by atoms with Crippen LogP contribution in [0.4, 0.5) is 5.69 Å². The van der Waals surface area contributed by atoms with Gasteiger partial charge in [-0.1, -0.05) is 68.3 Å². The summed E-state index contributed by atoms with van der Waals surface area (Å²) in [6.07, 6.45) is 10.2. The molecule has 0 aliphatic carbocycles. The van der Waals surface area contributed by atoms with Crippen molar-refractivity contribution in [1.29, 1.82) is 0 Å². The van der Waals surface area contributed by atoms with Crippen molar-refractivity contribution in [2.24, 2.45) is 28.8 Å². The summed E-state index contributed by atoms with van der Waals surface area (Å²) in [5.74, 6) is -8.70. The van der Waals surface area contributed by atoms with Crippen molar-refractivity contribution in [3.63, 3.8) is 0 Å². The number of methoxy groups -OCH3 is 1. The fraction of sp³-hybridized carbons (Fsp3) is 0.500. The summed E-state index contributed by atoms with van der Waals surface area (Å²) in [6, 6.07) is 0. The van der Waals surface area contributed by atoms with E-state index in [4.69, 9.17) is 23.8 Å². The quantitative estimate of drug-likeness (QED) is 0.0270. The van der Waals surface area contributed by atoms with E-state index in [9.17, 15) is 39.9 Å². The van der Waals surface area contributed by atoms with Gasteiger partial charge in [0, 0.05) is 61.2 Å². The number of benzene rings is 2. The van der Waals surface area contributed by atoms with Gasteiger partial charge in [-0.05, 0) is 59.6 Å². The summed E-state index contributed by atoms with van der Waals surface area (Å²) in [6.45, 7) is 18.5. The molecule has 0 fully saturated rings. The van der Waals surface area contributed by atoms with Gasteiger partial charge in [0.2, 0.25) is 0 Å². The smallest absolute Gasteiger partial charge is 0.312 e. The number of carbonyl (C=O) groups excluding carboxylic acids is 3. The molecule has 2 aromatic carbocycles. The Labute approximate surface area is 369 Å². The molecule has 9 unspecified atom stereocenters. The van der Waals surface area contributed by atoms with Crippen molar-refractivity contribution in [3.8, 4) is 23.0 Å². The van der Waals surface area contributed by atoms with Gasteiger partial charge in [0.05, 0.1) is 53.0 Å². The largest absolute Gasteiger partial charge is 0.507 e. The number of anilines is 1. The van der Waals surface area contributed by atoms with E-state index in [2.05, 4.69) is 16.5 Å². The molecule has 0 radical (unpaired) electrons. The number of aliphatic hydroxyl groups is 2. The zero-order chi connectivity index (χ0) is 47.1. The summed E-state index contributed by atoms with van der Waals surface area (Å²) >= 11 is 0. The first kappa shape index (κ1) is 50.0. The number of nitrogens with one attached hydrogen (secondary N) is 1. The van der Waals surface area contributed by atoms with Crippen molar-refractivity contribution in [2.75, 3.05) is 19.0 Å². The lowest BCUT2D eigenvalue weighted by Gasteiger charge is -2.38. The molecular formula is C48H64N2O13. The topological polar surface area (TPSA) is 223 Å². The van der Waals surface area contributed by atoms with Gasteiger partial charge in [-0.3, -0.25) is 14.4 Å². The minimum Gasteiger partial charge on any atom is -0.507 e. The number of oxime groups is 1. The van der Waals surface area contributed by atoms with Crippen molar-refractivity contribution in [2.45, 2.75) is 119 Å². The molecule has 15 nitrogen and oxygen atoms in total. The monoisotopic (exact) mass is 876 g/mol.